The fourth-order valence-corrected chi connectivity index (χ4v) is 9.47. The van der Waals surface area contributed by atoms with Crippen molar-refractivity contribution in [2.24, 2.45) is 59.2 Å². The van der Waals surface area contributed by atoms with Crippen LogP contribution in [0.4, 0.5) is 0 Å². The average molecular weight is 744 g/mol. The zero-order valence-electron chi connectivity index (χ0n) is 32.5. The highest BCUT2D eigenvalue weighted by Crippen LogP contribution is 2.47. The van der Waals surface area contributed by atoms with Crippen LogP contribution in [-0.2, 0) is 14.3 Å². The number of aromatic nitrogens is 2. The van der Waals surface area contributed by atoms with Crippen LogP contribution in [0.3, 0.4) is 0 Å². The van der Waals surface area contributed by atoms with E-state index in [1.165, 1.54) is 0 Å². The van der Waals surface area contributed by atoms with Crippen LogP contribution in [0.1, 0.15) is 63.1 Å². The van der Waals surface area contributed by atoms with Gasteiger partial charge in [0, 0.05) is 53.0 Å². The van der Waals surface area contributed by atoms with Crippen molar-refractivity contribution in [1.82, 2.24) is 15.3 Å². The lowest BCUT2D eigenvalue weighted by Gasteiger charge is -2.39. The van der Waals surface area contributed by atoms with Crippen LogP contribution in [0.25, 0.3) is 34.4 Å². The van der Waals surface area contributed by atoms with E-state index in [-0.39, 0.29) is 35.5 Å². The molecule has 0 spiro atoms. The molecule has 10 atom stereocenters. The van der Waals surface area contributed by atoms with Gasteiger partial charge in [0.25, 0.3) is 0 Å². The summed E-state index contributed by atoms with van der Waals surface area (Å²) in [5.74, 6) is 3.54. The van der Waals surface area contributed by atoms with E-state index in [1.54, 1.807) is 6.20 Å². The SMILES string of the molecule is C[C@H]1[C@H](/C=C/c2ccc(-c3ccccc3C#N)cn2)[C@@H]2C(=O)NC[C@@H]2C[C@@H]1C.C[C@H]1[C@H](/C=C/c2ccc(-c3ccccc3C#N)cn2)[C@@H]2C(=O)OC[C@@H]2C[C@@H]1C. The molecule has 4 fully saturated rings. The molecule has 284 valence electrons. The highest BCUT2D eigenvalue weighted by atomic mass is 16.5. The van der Waals surface area contributed by atoms with E-state index in [9.17, 15) is 20.1 Å². The minimum Gasteiger partial charge on any atom is -0.465 e. The fraction of sp³-hybridized carbons (Fsp3) is 0.375. The highest BCUT2D eigenvalue weighted by molar-refractivity contribution is 5.82. The smallest absolute Gasteiger partial charge is 0.309 e. The fourth-order valence-electron chi connectivity index (χ4n) is 9.47. The number of benzene rings is 2. The Kier molecular flexibility index (Phi) is 11.6. The number of nitrogens with zero attached hydrogens (tertiary/aromatic N) is 4. The lowest BCUT2D eigenvalue weighted by molar-refractivity contribution is -0.143. The first-order valence-electron chi connectivity index (χ1n) is 19.9. The number of nitriles is 2. The third-order valence-electron chi connectivity index (χ3n) is 13.0. The Balaban J connectivity index is 0.000000172. The Morgan fingerprint density at radius 3 is 1.68 bits per heavy atom. The molecule has 8 heteroatoms. The number of rotatable bonds is 6. The Morgan fingerprint density at radius 1 is 0.679 bits per heavy atom. The zero-order valence-corrected chi connectivity index (χ0v) is 32.5. The topological polar surface area (TPSA) is 129 Å². The molecule has 2 aromatic carbocycles. The number of carbonyl (C=O) groups excluding carboxylic acids is 2. The number of cyclic esters (lactones) is 1. The minimum atomic E-state index is -0.0465. The van der Waals surface area contributed by atoms with Gasteiger partial charge in [0.15, 0.2) is 0 Å². The molecule has 1 N–H and O–H groups in total. The summed E-state index contributed by atoms with van der Waals surface area (Å²) in [5.41, 5.74) is 6.66. The molecular weight excluding hydrogens is 695 g/mol. The van der Waals surface area contributed by atoms with Gasteiger partial charge in [-0.3, -0.25) is 19.6 Å². The molecule has 2 saturated carbocycles. The Hall–Kier alpha value is -5.86. The normalized spacial score (nSPS) is 29.3. The van der Waals surface area contributed by atoms with Gasteiger partial charge < -0.3 is 10.1 Å². The van der Waals surface area contributed by atoms with E-state index < -0.39 is 0 Å². The molecule has 2 aliphatic carbocycles. The molecule has 8 nitrogen and oxygen atoms in total. The van der Waals surface area contributed by atoms with Gasteiger partial charge in [-0.1, -0.05) is 88.4 Å². The van der Waals surface area contributed by atoms with E-state index in [4.69, 9.17) is 4.74 Å². The van der Waals surface area contributed by atoms with E-state index in [0.717, 1.165) is 53.0 Å². The van der Waals surface area contributed by atoms with Crippen LogP contribution in [0.2, 0.25) is 0 Å². The molecule has 0 bridgehead atoms. The average Bonchev–Trinajstić information content (AvgIpc) is 3.79. The number of amides is 1. The third-order valence-corrected chi connectivity index (χ3v) is 13.0. The predicted molar refractivity (Wildman–Crippen MR) is 218 cm³/mol. The quantitative estimate of drug-likeness (QED) is 0.195. The number of hydrogen-bond acceptors (Lipinski definition) is 7. The lowest BCUT2D eigenvalue weighted by atomic mass is 9.64. The maximum Gasteiger partial charge on any atom is 0.309 e. The van der Waals surface area contributed by atoms with Gasteiger partial charge in [-0.2, -0.15) is 10.5 Å². The summed E-state index contributed by atoms with van der Waals surface area (Å²) in [4.78, 5) is 33.7. The number of ether oxygens (including phenoxy) is 1. The Labute approximate surface area is 330 Å². The van der Waals surface area contributed by atoms with Crippen LogP contribution in [-0.4, -0.2) is 35.0 Å². The first-order valence-corrected chi connectivity index (χ1v) is 19.9. The lowest BCUT2D eigenvalue weighted by Crippen LogP contribution is -2.38. The van der Waals surface area contributed by atoms with E-state index in [2.05, 4.69) is 67.3 Å². The maximum absolute atomic E-state index is 12.4. The van der Waals surface area contributed by atoms with Crippen LogP contribution in [0.15, 0.2) is 97.3 Å². The molecular formula is C48H49N5O3. The molecule has 4 heterocycles. The molecule has 1 amide bonds. The largest absolute Gasteiger partial charge is 0.465 e. The molecule has 4 aromatic rings. The van der Waals surface area contributed by atoms with Crippen molar-refractivity contribution >= 4 is 24.0 Å². The van der Waals surface area contributed by atoms with Crippen LogP contribution in [0, 0.1) is 81.8 Å². The number of hydrogen-bond donors (Lipinski definition) is 1. The molecule has 2 aromatic heterocycles. The molecule has 2 saturated heterocycles. The Bertz CT molecular complexity index is 2040. The summed E-state index contributed by atoms with van der Waals surface area (Å²) in [6, 6.07) is 27.5. The summed E-state index contributed by atoms with van der Waals surface area (Å²) < 4.78 is 5.35. The van der Waals surface area contributed by atoms with Gasteiger partial charge in [-0.25, -0.2) is 0 Å². The summed E-state index contributed by atoms with van der Waals surface area (Å²) in [5, 5.41) is 21.6. The zero-order chi connectivity index (χ0) is 39.3. The second-order valence-corrected chi connectivity index (χ2v) is 16.2. The van der Waals surface area contributed by atoms with Crippen molar-refractivity contribution < 1.29 is 14.3 Å². The molecule has 56 heavy (non-hydrogen) atoms. The molecule has 4 aliphatic rings. The summed E-state index contributed by atoms with van der Waals surface area (Å²) in [6.07, 6.45) is 14.2. The number of nitrogens with one attached hydrogen (secondary N) is 1. The van der Waals surface area contributed by atoms with Gasteiger partial charge in [0.2, 0.25) is 5.91 Å². The van der Waals surface area contributed by atoms with Gasteiger partial charge in [-0.15, -0.1) is 0 Å². The number of fused-ring (bicyclic) bond motifs is 2. The number of esters is 1. The van der Waals surface area contributed by atoms with Crippen molar-refractivity contribution in [1.29, 1.82) is 10.5 Å². The summed E-state index contributed by atoms with van der Waals surface area (Å²) in [6.45, 7) is 10.4. The second-order valence-electron chi connectivity index (χ2n) is 16.2. The van der Waals surface area contributed by atoms with Gasteiger partial charge in [-0.05, 0) is 90.7 Å². The van der Waals surface area contributed by atoms with Crippen LogP contribution in [0.5, 0.6) is 0 Å². The molecule has 0 radical (unpaired) electrons. The van der Waals surface area contributed by atoms with Gasteiger partial charge in [0.05, 0.1) is 47.2 Å². The van der Waals surface area contributed by atoms with E-state index in [1.807, 2.05) is 91.1 Å². The number of pyridine rings is 2. The maximum atomic E-state index is 12.4. The number of allylic oxidation sites excluding steroid dienone is 2. The minimum absolute atomic E-state index is 0.0239. The molecule has 8 rings (SSSR count). The van der Waals surface area contributed by atoms with Crippen molar-refractivity contribution in [2.45, 2.75) is 40.5 Å². The van der Waals surface area contributed by atoms with Crippen LogP contribution >= 0.6 is 0 Å². The first kappa shape index (κ1) is 38.4. The van der Waals surface area contributed by atoms with Crippen molar-refractivity contribution in [3.63, 3.8) is 0 Å². The van der Waals surface area contributed by atoms with Crippen molar-refractivity contribution in [2.75, 3.05) is 13.2 Å². The summed E-state index contributed by atoms with van der Waals surface area (Å²) in [7, 11) is 0. The van der Waals surface area contributed by atoms with Gasteiger partial charge >= 0.3 is 5.97 Å². The summed E-state index contributed by atoms with van der Waals surface area (Å²) >= 11 is 0. The standard InChI is InChI=1S/C24H25N3O.C24H24N2O2/c1-15-11-19-14-27-24(28)23(19)21(16(15)2)10-9-20-8-7-18(13-26-20)22-6-4-3-5-17(22)12-25;1-15-11-19-14-28-24(27)23(19)21(16(15)2)10-9-20-8-7-18(13-26-20)22-6-4-3-5-17(22)12-25/h3-10,13,15-16,19,21,23H,11,14H2,1-2H3,(H,27,28);3-10,13,15-16,19,21,23H,11,14H2,1-2H3/b2*10-9+/t2*15-,16+,19-,21-,23+/m00/s1. The van der Waals surface area contributed by atoms with Crippen molar-refractivity contribution in [3.05, 3.63) is 120 Å². The van der Waals surface area contributed by atoms with E-state index >= 15 is 0 Å². The third kappa shape index (κ3) is 7.93. The molecule has 2 aliphatic heterocycles. The Morgan fingerprint density at radius 2 is 1.18 bits per heavy atom. The monoisotopic (exact) mass is 743 g/mol. The highest BCUT2D eigenvalue weighted by Gasteiger charge is 2.49. The second kappa shape index (κ2) is 16.9. The van der Waals surface area contributed by atoms with Gasteiger partial charge in [0.1, 0.15) is 0 Å². The predicted octanol–water partition coefficient (Wildman–Crippen LogP) is 9.00. The number of carbonyl (C=O) groups is 2. The first-order chi connectivity index (χ1) is 27.2. The van der Waals surface area contributed by atoms with E-state index in [0.29, 0.717) is 53.2 Å². The van der Waals surface area contributed by atoms with Crippen LogP contribution < -0.4 is 5.32 Å². The van der Waals surface area contributed by atoms with Crippen molar-refractivity contribution in [3.8, 4) is 34.4 Å². The molecule has 0 unspecified atom stereocenters.